The Hall–Kier alpha value is -2.08. The number of nitrogens with zero attached hydrogens (tertiary/aromatic N) is 1. The van der Waals surface area contributed by atoms with E-state index in [4.69, 9.17) is 10.2 Å². The minimum Gasteiger partial charge on any atom is -0.457 e. The van der Waals surface area contributed by atoms with Gasteiger partial charge in [-0.3, -0.25) is 9.59 Å². The van der Waals surface area contributed by atoms with E-state index < -0.39 is 5.91 Å². The Balaban J connectivity index is 2.08. The number of furan rings is 1. The zero-order valence-electron chi connectivity index (χ0n) is 10.8. The van der Waals surface area contributed by atoms with Gasteiger partial charge in [-0.15, -0.1) is 0 Å². The molecule has 0 spiro atoms. The molecule has 1 heterocycles. The van der Waals surface area contributed by atoms with Crippen LogP contribution in [0.25, 0.3) is 0 Å². The Morgan fingerprint density at radius 3 is 2.40 bits per heavy atom. The van der Waals surface area contributed by atoms with Crippen molar-refractivity contribution in [3.63, 3.8) is 0 Å². The van der Waals surface area contributed by atoms with Gasteiger partial charge in [0.25, 0.3) is 5.91 Å². The standard InChI is InChI=1S/C14H13BrN2O3/c1-17(14(19)11-6-7-20-12(11)15)8-9-2-4-10(5-3-9)13(16)18/h2-7H,8H2,1H3,(H2,16,18). The van der Waals surface area contributed by atoms with E-state index in [2.05, 4.69) is 15.9 Å². The average molecular weight is 337 g/mol. The molecule has 0 fully saturated rings. The number of amides is 2. The highest BCUT2D eigenvalue weighted by atomic mass is 79.9. The summed E-state index contributed by atoms with van der Waals surface area (Å²) in [6.07, 6.45) is 1.45. The number of carbonyl (C=O) groups is 2. The predicted octanol–water partition coefficient (Wildman–Crippen LogP) is 2.41. The van der Waals surface area contributed by atoms with Crippen LogP contribution in [0.2, 0.25) is 0 Å². The zero-order chi connectivity index (χ0) is 14.7. The van der Waals surface area contributed by atoms with Gasteiger partial charge in [0, 0.05) is 19.2 Å². The molecule has 0 aliphatic heterocycles. The molecular weight excluding hydrogens is 324 g/mol. The first-order chi connectivity index (χ1) is 9.49. The van der Waals surface area contributed by atoms with Crippen LogP contribution in [-0.2, 0) is 6.54 Å². The van der Waals surface area contributed by atoms with Gasteiger partial charge in [-0.05, 0) is 39.7 Å². The first kappa shape index (κ1) is 14.3. The predicted molar refractivity (Wildman–Crippen MR) is 77.2 cm³/mol. The summed E-state index contributed by atoms with van der Waals surface area (Å²) in [5.41, 5.74) is 7.00. The molecule has 2 rings (SSSR count). The molecule has 2 N–H and O–H groups in total. The van der Waals surface area contributed by atoms with Crippen molar-refractivity contribution in [2.24, 2.45) is 5.73 Å². The van der Waals surface area contributed by atoms with Gasteiger partial charge in [-0.25, -0.2) is 0 Å². The SMILES string of the molecule is CN(Cc1ccc(C(N)=O)cc1)C(=O)c1ccoc1Br. The Morgan fingerprint density at radius 1 is 1.25 bits per heavy atom. The number of rotatable bonds is 4. The van der Waals surface area contributed by atoms with E-state index in [-0.39, 0.29) is 5.91 Å². The van der Waals surface area contributed by atoms with Crippen molar-refractivity contribution in [1.29, 1.82) is 0 Å². The second-order valence-corrected chi connectivity index (χ2v) is 5.05. The molecule has 2 aromatic rings. The molecule has 1 aromatic carbocycles. The highest BCUT2D eigenvalue weighted by Crippen LogP contribution is 2.19. The molecule has 2 amide bonds. The highest BCUT2D eigenvalue weighted by Gasteiger charge is 2.17. The number of hydrogen-bond acceptors (Lipinski definition) is 3. The van der Waals surface area contributed by atoms with Gasteiger partial charge in [0.2, 0.25) is 5.91 Å². The summed E-state index contributed by atoms with van der Waals surface area (Å²) in [5, 5.41) is 0. The molecule has 104 valence electrons. The molecule has 0 saturated heterocycles. The first-order valence-corrected chi connectivity index (χ1v) is 6.65. The maximum Gasteiger partial charge on any atom is 0.258 e. The third-order valence-electron chi connectivity index (χ3n) is 2.85. The van der Waals surface area contributed by atoms with E-state index in [1.165, 1.54) is 6.26 Å². The maximum atomic E-state index is 12.2. The average Bonchev–Trinajstić information content (AvgIpc) is 2.84. The molecule has 0 unspecified atom stereocenters. The molecule has 0 aliphatic carbocycles. The van der Waals surface area contributed by atoms with Crippen LogP contribution in [0, 0.1) is 0 Å². The first-order valence-electron chi connectivity index (χ1n) is 5.86. The summed E-state index contributed by atoms with van der Waals surface area (Å²) in [6, 6.07) is 8.44. The third-order valence-corrected chi connectivity index (χ3v) is 3.47. The Morgan fingerprint density at radius 2 is 1.90 bits per heavy atom. The van der Waals surface area contributed by atoms with E-state index in [1.54, 1.807) is 42.3 Å². The van der Waals surface area contributed by atoms with Crippen LogP contribution in [0.4, 0.5) is 0 Å². The monoisotopic (exact) mass is 336 g/mol. The van der Waals surface area contributed by atoms with Crippen molar-refractivity contribution in [1.82, 2.24) is 4.90 Å². The summed E-state index contributed by atoms with van der Waals surface area (Å²) >= 11 is 3.18. The largest absolute Gasteiger partial charge is 0.457 e. The summed E-state index contributed by atoms with van der Waals surface area (Å²) in [6.45, 7) is 0.426. The molecule has 0 aliphatic rings. The quantitative estimate of drug-likeness (QED) is 0.931. The van der Waals surface area contributed by atoms with Crippen molar-refractivity contribution in [3.05, 3.63) is 58.0 Å². The second kappa shape index (κ2) is 5.92. The lowest BCUT2D eigenvalue weighted by molar-refractivity contribution is 0.0782. The molecule has 1 aromatic heterocycles. The van der Waals surface area contributed by atoms with Crippen LogP contribution in [0.15, 0.2) is 45.7 Å². The second-order valence-electron chi connectivity index (χ2n) is 4.33. The van der Waals surface area contributed by atoms with Crippen molar-refractivity contribution in [2.45, 2.75) is 6.54 Å². The molecule has 20 heavy (non-hydrogen) atoms. The molecule has 0 atom stereocenters. The van der Waals surface area contributed by atoms with Gasteiger partial charge < -0.3 is 15.1 Å². The van der Waals surface area contributed by atoms with Crippen molar-refractivity contribution in [3.8, 4) is 0 Å². The summed E-state index contributed by atoms with van der Waals surface area (Å²) < 4.78 is 5.46. The molecule has 0 saturated carbocycles. The Labute approximate surface area is 124 Å². The number of hydrogen-bond donors (Lipinski definition) is 1. The van der Waals surface area contributed by atoms with Crippen LogP contribution in [0.5, 0.6) is 0 Å². The summed E-state index contributed by atoms with van der Waals surface area (Å²) in [7, 11) is 1.70. The van der Waals surface area contributed by atoms with Crippen molar-refractivity contribution < 1.29 is 14.0 Å². The van der Waals surface area contributed by atoms with Crippen molar-refractivity contribution in [2.75, 3.05) is 7.05 Å². The molecule has 6 heteroatoms. The van der Waals surface area contributed by atoms with E-state index in [9.17, 15) is 9.59 Å². The molecule has 5 nitrogen and oxygen atoms in total. The van der Waals surface area contributed by atoms with Gasteiger partial charge in [-0.2, -0.15) is 0 Å². The summed E-state index contributed by atoms with van der Waals surface area (Å²) in [4.78, 5) is 24.7. The fraction of sp³-hybridized carbons (Fsp3) is 0.143. The minimum absolute atomic E-state index is 0.149. The number of primary amides is 1. The number of carbonyl (C=O) groups excluding carboxylic acids is 2. The third kappa shape index (κ3) is 3.08. The van der Waals surface area contributed by atoms with Gasteiger partial charge in [0.15, 0.2) is 4.67 Å². The number of benzene rings is 1. The van der Waals surface area contributed by atoms with E-state index in [0.717, 1.165) is 5.56 Å². The van der Waals surface area contributed by atoms with E-state index in [0.29, 0.717) is 22.3 Å². The topological polar surface area (TPSA) is 76.5 Å². The number of halogens is 1. The Kier molecular flexibility index (Phi) is 4.24. The van der Waals surface area contributed by atoms with Gasteiger partial charge in [-0.1, -0.05) is 12.1 Å². The van der Waals surface area contributed by atoms with Gasteiger partial charge in [0.05, 0.1) is 11.8 Å². The number of nitrogens with two attached hydrogens (primary N) is 1. The van der Waals surface area contributed by atoms with Crippen molar-refractivity contribution >= 4 is 27.7 Å². The lowest BCUT2D eigenvalue weighted by Crippen LogP contribution is -2.26. The molecule has 0 radical (unpaired) electrons. The van der Waals surface area contributed by atoms with Crippen LogP contribution >= 0.6 is 15.9 Å². The lowest BCUT2D eigenvalue weighted by Gasteiger charge is -2.16. The van der Waals surface area contributed by atoms with Crippen LogP contribution in [0.3, 0.4) is 0 Å². The lowest BCUT2D eigenvalue weighted by atomic mass is 10.1. The van der Waals surface area contributed by atoms with E-state index in [1.807, 2.05) is 0 Å². The van der Waals surface area contributed by atoms with Gasteiger partial charge in [0.1, 0.15) is 0 Å². The van der Waals surface area contributed by atoms with E-state index >= 15 is 0 Å². The highest BCUT2D eigenvalue weighted by molar-refractivity contribution is 9.10. The van der Waals surface area contributed by atoms with Gasteiger partial charge >= 0.3 is 0 Å². The fourth-order valence-corrected chi connectivity index (χ4v) is 2.18. The minimum atomic E-state index is -0.469. The van der Waals surface area contributed by atoms with Crippen LogP contribution < -0.4 is 5.73 Å². The normalized spacial score (nSPS) is 10.3. The maximum absolute atomic E-state index is 12.2. The van der Waals surface area contributed by atoms with Crippen LogP contribution in [-0.4, -0.2) is 23.8 Å². The molecular formula is C14H13BrN2O3. The smallest absolute Gasteiger partial charge is 0.258 e. The molecule has 0 bridgehead atoms. The summed E-state index contributed by atoms with van der Waals surface area (Å²) in [5.74, 6) is -0.618. The fourth-order valence-electron chi connectivity index (χ4n) is 1.77. The van der Waals surface area contributed by atoms with Crippen LogP contribution in [0.1, 0.15) is 26.3 Å². The Bertz CT molecular complexity index is 634. The zero-order valence-corrected chi connectivity index (χ0v) is 12.4.